The minimum atomic E-state index is -0.676. The molecule has 2 aliphatic rings. The SMILES string of the molecule is O=C(CN1C(=O)N[C@@H](Cc2c[nH]c3ccccc23)C1=O)Nc1ccc2c(c1)CCC2. The van der Waals surface area contributed by atoms with E-state index in [1.807, 2.05) is 48.7 Å². The maximum Gasteiger partial charge on any atom is 0.325 e. The Balaban J connectivity index is 1.24. The van der Waals surface area contributed by atoms with Gasteiger partial charge in [-0.05, 0) is 54.2 Å². The molecule has 1 aliphatic heterocycles. The van der Waals surface area contributed by atoms with Gasteiger partial charge in [0, 0.05) is 29.2 Å². The highest BCUT2D eigenvalue weighted by molar-refractivity contribution is 6.08. The first-order chi connectivity index (χ1) is 14.6. The van der Waals surface area contributed by atoms with Crippen molar-refractivity contribution in [3.8, 4) is 0 Å². The average molecular weight is 402 g/mol. The number of nitrogens with zero attached hydrogens (tertiary/aromatic N) is 1. The fourth-order valence-electron chi connectivity index (χ4n) is 4.38. The Morgan fingerprint density at radius 2 is 1.93 bits per heavy atom. The van der Waals surface area contributed by atoms with Gasteiger partial charge in [-0.3, -0.25) is 14.5 Å². The van der Waals surface area contributed by atoms with E-state index in [0.717, 1.165) is 40.6 Å². The third-order valence-electron chi connectivity index (χ3n) is 5.89. The van der Waals surface area contributed by atoms with E-state index in [1.165, 1.54) is 11.1 Å². The lowest BCUT2D eigenvalue weighted by Crippen LogP contribution is -2.38. The summed E-state index contributed by atoms with van der Waals surface area (Å²) in [6.45, 7) is -0.299. The van der Waals surface area contributed by atoms with Gasteiger partial charge in [-0.2, -0.15) is 0 Å². The standard InChI is InChI=1S/C23H22N4O3/c28-21(25-17-9-8-14-4-3-5-15(14)10-17)13-27-22(29)20(26-23(27)30)11-16-12-24-19-7-2-1-6-18(16)19/h1-2,6-10,12,20,24H,3-5,11,13H2,(H,25,28)(H,26,30)/t20-/m0/s1. The number of fused-ring (bicyclic) bond motifs is 2. The molecule has 5 rings (SSSR count). The summed E-state index contributed by atoms with van der Waals surface area (Å²) in [5.74, 6) is -0.765. The van der Waals surface area contributed by atoms with Gasteiger partial charge in [-0.1, -0.05) is 24.3 Å². The molecule has 1 fully saturated rings. The number of imide groups is 1. The molecule has 1 saturated heterocycles. The third kappa shape index (κ3) is 3.32. The van der Waals surface area contributed by atoms with Crippen LogP contribution in [0, 0.1) is 0 Å². The van der Waals surface area contributed by atoms with Crippen molar-refractivity contribution in [1.82, 2.24) is 15.2 Å². The van der Waals surface area contributed by atoms with Crippen LogP contribution in [0.4, 0.5) is 10.5 Å². The number of anilines is 1. The van der Waals surface area contributed by atoms with Gasteiger partial charge in [0.1, 0.15) is 12.6 Å². The lowest BCUT2D eigenvalue weighted by molar-refractivity contribution is -0.130. The van der Waals surface area contributed by atoms with Crippen molar-refractivity contribution < 1.29 is 14.4 Å². The normalized spacial score (nSPS) is 18.0. The summed E-state index contributed by atoms with van der Waals surface area (Å²) in [6, 6.07) is 12.5. The molecule has 0 radical (unpaired) electrons. The van der Waals surface area contributed by atoms with Crippen LogP contribution in [0.5, 0.6) is 0 Å². The molecular weight excluding hydrogens is 380 g/mol. The number of aromatic nitrogens is 1. The van der Waals surface area contributed by atoms with E-state index in [1.54, 1.807) is 0 Å². The van der Waals surface area contributed by atoms with Gasteiger partial charge in [0.2, 0.25) is 5.91 Å². The highest BCUT2D eigenvalue weighted by Gasteiger charge is 2.39. The molecule has 152 valence electrons. The number of carbonyl (C=O) groups excluding carboxylic acids is 3. The maximum atomic E-state index is 12.8. The van der Waals surface area contributed by atoms with Gasteiger partial charge in [0.25, 0.3) is 5.91 Å². The predicted octanol–water partition coefficient (Wildman–Crippen LogP) is 2.76. The summed E-state index contributed by atoms with van der Waals surface area (Å²) in [6.07, 6.45) is 5.45. The Bertz CT molecular complexity index is 1170. The zero-order valence-electron chi connectivity index (χ0n) is 16.4. The number of amides is 4. The molecule has 0 saturated carbocycles. The van der Waals surface area contributed by atoms with Crippen molar-refractivity contribution in [2.45, 2.75) is 31.7 Å². The first-order valence-corrected chi connectivity index (χ1v) is 10.2. The van der Waals surface area contributed by atoms with Crippen LogP contribution in [0.15, 0.2) is 48.7 Å². The highest BCUT2D eigenvalue weighted by Crippen LogP contribution is 2.25. The lowest BCUT2D eigenvalue weighted by Gasteiger charge is -2.13. The minimum absolute atomic E-state index is 0.299. The first kappa shape index (κ1) is 18.4. The number of aromatic amines is 1. The van der Waals surface area contributed by atoms with Crippen molar-refractivity contribution in [3.63, 3.8) is 0 Å². The minimum Gasteiger partial charge on any atom is -0.361 e. The van der Waals surface area contributed by atoms with Crippen molar-refractivity contribution in [2.24, 2.45) is 0 Å². The maximum absolute atomic E-state index is 12.8. The van der Waals surface area contributed by atoms with E-state index >= 15 is 0 Å². The van der Waals surface area contributed by atoms with E-state index in [-0.39, 0.29) is 18.4 Å². The molecular formula is C23H22N4O3. The highest BCUT2D eigenvalue weighted by atomic mass is 16.2. The van der Waals surface area contributed by atoms with Gasteiger partial charge in [-0.25, -0.2) is 4.79 Å². The molecule has 0 spiro atoms. The van der Waals surface area contributed by atoms with Crippen LogP contribution >= 0.6 is 0 Å². The van der Waals surface area contributed by atoms with Crippen LogP contribution < -0.4 is 10.6 Å². The number of hydrogen-bond acceptors (Lipinski definition) is 3. The van der Waals surface area contributed by atoms with E-state index in [9.17, 15) is 14.4 Å². The van der Waals surface area contributed by atoms with Crippen molar-refractivity contribution >= 4 is 34.4 Å². The second-order valence-corrected chi connectivity index (χ2v) is 7.88. The molecule has 1 aromatic heterocycles. The molecule has 7 nitrogen and oxygen atoms in total. The molecule has 0 bridgehead atoms. The Kier molecular flexibility index (Phi) is 4.50. The number of carbonyl (C=O) groups is 3. The molecule has 3 N–H and O–H groups in total. The molecule has 3 aromatic rings. The van der Waals surface area contributed by atoms with Crippen LogP contribution in [0.25, 0.3) is 10.9 Å². The zero-order chi connectivity index (χ0) is 20.7. The van der Waals surface area contributed by atoms with Crippen LogP contribution in [0.3, 0.4) is 0 Å². The van der Waals surface area contributed by atoms with E-state index in [2.05, 4.69) is 15.6 Å². The van der Waals surface area contributed by atoms with E-state index in [4.69, 9.17) is 0 Å². The molecule has 30 heavy (non-hydrogen) atoms. The first-order valence-electron chi connectivity index (χ1n) is 10.2. The molecule has 4 amide bonds. The van der Waals surface area contributed by atoms with Gasteiger partial charge < -0.3 is 15.6 Å². The second-order valence-electron chi connectivity index (χ2n) is 7.88. The van der Waals surface area contributed by atoms with Crippen molar-refractivity contribution in [1.29, 1.82) is 0 Å². The zero-order valence-corrected chi connectivity index (χ0v) is 16.4. The molecule has 2 aromatic carbocycles. The smallest absolute Gasteiger partial charge is 0.325 e. The monoisotopic (exact) mass is 402 g/mol. The Hall–Kier alpha value is -3.61. The topological polar surface area (TPSA) is 94.3 Å². The number of H-pyrrole nitrogens is 1. The molecule has 7 heteroatoms. The van der Waals surface area contributed by atoms with Crippen molar-refractivity contribution in [2.75, 3.05) is 11.9 Å². The summed E-state index contributed by atoms with van der Waals surface area (Å²) >= 11 is 0. The summed E-state index contributed by atoms with van der Waals surface area (Å²) in [5, 5.41) is 6.53. The van der Waals surface area contributed by atoms with E-state index < -0.39 is 12.1 Å². The van der Waals surface area contributed by atoms with Crippen LogP contribution in [-0.4, -0.2) is 40.3 Å². The lowest BCUT2D eigenvalue weighted by atomic mass is 10.1. The Morgan fingerprint density at radius 3 is 2.83 bits per heavy atom. The van der Waals surface area contributed by atoms with E-state index in [0.29, 0.717) is 12.1 Å². The number of nitrogens with one attached hydrogen (secondary N) is 3. The number of hydrogen-bond donors (Lipinski definition) is 3. The van der Waals surface area contributed by atoms with Crippen LogP contribution in [0.2, 0.25) is 0 Å². The number of para-hydroxylation sites is 1. The number of aryl methyl sites for hydroxylation is 2. The fourth-order valence-corrected chi connectivity index (χ4v) is 4.38. The van der Waals surface area contributed by atoms with Gasteiger partial charge in [-0.15, -0.1) is 0 Å². The molecule has 0 unspecified atom stereocenters. The summed E-state index contributed by atoms with van der Waals surface area (Å²) in [7, 11) is 0. The molecule has 2 heterocycles. The largest absolute Gasteiger partial charge is 0.361 e. The third-order valence-corrected chi connectivity index (χ3v) is 5.89. The number of rotatable bonds is 5. The summed E-state index contributed by atoms with van der Waals surface area (Å²) in [5.41, 5.74) is 5.20. The second kappa shape index (κ2) is 7.33. The van der Waals surface area contributed by atoms with Gasteiger partial charge >= 0.3 is 6.03 Å². The van der Waals surface area contributed by atoms with Gasteiger partial charge in [0.05, 0.1) is 0 Å². The Morgan fingerprint density at radius 1 is 1.10 bits per heavy atom. The average Bonchev–Trinajstić information content (AvgIpc) is 3.43. The molecule has 1 atom stereocenters. The summed E-state index contributed by atoms with van der Waals surface area (Å²) < 4.78 is 0. The number of benzene rings is 2. The summed E-state index contributed by atoms with van der Waals surface area (Å²) in [4.78, 5) is 41.7. The van der Waals surface area contributed by atoms with Crippen LogP contribution in [0.1, 0.15) is 23.1 Å². The fraction of sp³-hybridized carbons (Fsp3) is 0.261. The van der Waals surface area contributed by atoms with Gasteiger partial charge in [0.15, 0.2) is 0 Å². The predicted molar refractivity (Wildman–Crippen MR) is 113 cm³/mol. The van der Waals surface area contributed by atoms with Crippen molar-refractivity contribution in [3.05, 3.63) is 65.4 Å². The number of urea groups is 1. The molecule has 1 aliphatic carbocycles. The van der Waals surface area contributed by atoms with Crippen LogP contribution in [-0.2, 0) is 28.9 Å². The quantitative estimate of drug-likeness (QED) is 0.573. The Labute approximate surface area is 173 Å².